The van der Waals surface area contributed by atoms with Gasteiger partial charge in [0, 0.05) is 25.7 Å². The van der Waals surface area contributed by atoms with Crippen molar-refractivity contribution >= 4 is 0 Å². The van der Waals surface area contributed by atoms with E-state index in [4.69, 9.17) is 5.73 Å². The van der Waals surface area contributed by atoms with E-state index in [-0.39, 0.29) is 25.7 Å². The molecule has 1 aliphatic heterocycles. The third-order valence-electron chi connectivity index (χ3n) is 3.83. The van der Waals surface area contributed by atoms with Gasteiger partial charge in [-0.25, -0.2) is 0 Å². The van der Waals surface area contributed by atoms with E-state index >= 15 is 0 Å². The van der Waals surface area contributed by atoms with Crippen LogP contribution in [0.5, 0.6) is 0 Å². The second kappa shape index (κ2) is 5.54. The number of aliphatic hydroxyl groups is 1. The summed E-state index contributed by atoms with van der Waals surface area (Å²) in [4.78, 5) is 1.98. The normalized spacial score (nSPS) is 20.9. The molecule has 6 nitrogen and oxygen atoms in total. The van der Waals surface area contributed by atoms with Crippen LogP contribution >= 0.6 is 0 Å². The maximum absolute atomic E-state index is 12.7. The molecule has 1 aromatic rings. The van der Waals surface area contributed by atoms with Crippen molar-refractivity contribution in [3.8, 4) is 0 Å². The Labute approximate surface area is 120 Å². The highest BCUT2D eigenvalue weighted by molar-refractivity contribution is 5.02. The van der Waals surface area contributed by atoms with Gasteiger partial charge in [-0.15, -0.1) is 10.2 Å². The molecule has 120 valence electrons. The summed E-state index contributed by atoms with van der Waals surface area (Å²) in [6.45, 7) is 4.63. The van der Waals surface area contributed by atoms with Crippen molar-refractivity contribution < 1.29 is 18.3 Å². The van der Waals surface area contributed by atoms with Crippen molar-refractivity contribution in [2.75, 3.05) is 13.1 Å². The SMILES string of the molecule is CC(CC(C)(O)CN)N1CCn2c(nnc2C(F)(F)F)C1. The molecule has 2 atom stereocenters. The molecule has 0 amide bonds. The first-order chi connectivity index (χ1) is 9.64. The zero-order chi connectivity index (χ0) is 15.8. The van der Waals surface area contributed by atoms with Gasteiger partial charge in [0.25, 0.3) is 0 Å². The lowest BCUT2D eigenvalue weighted by Gasteiger charge is -2.36. The fraction of sp³-hybridized carbons (Fsp3) is 0.833. The standard InChI is InChI=1S/C12H20F3N5O/c1-8(5-11(2,21)7-16)19-3-4-20-9(6-19)17-18-10(20)12(13,14)15/h8,21H,3-7,16H2,1-2H3. The Bertz CT molecular complexity index is 500. The lowest BCUT2D eigenvalue weighted by molar-refractivity contribution is -0.148. The second-order valence-electron chi connectivity index (χ2n) is 5.81. The van der Waals surface area contributed by atoms with E-state index in [1.807, 2.05) is 11.8 Å². The number of alkyl halides is 3. The summed E-state index contributed by atoms with van der Waals surface area (Å²) in [5, 5.41) is 16.9. The Balaban J connectivity index is 2.09. The van der Waals surface area contributed by atoms with Crippen LogP contribution in [-0.2, 0) is 19.3 Å². The van der Waals surface area contributed by atoms with Crippen molar-refractivity contribution in [3.63, 3.8) is 0 Å². The quantitative estimate of drug-likeness (QED) is 0.851. The first kappa shape index (κ1) is 16.2. The molecule has 0 spiro atoms. The molecule has 0 bridgehead atoms. The lowest BCUT2D eigenvalue weighted by Crippen LogP contribution is -2.46. The predicted molar refractivity (Wildman–Crippen MR) is 69.2 cm³/mol. The van der Waals surface area contributed by atoms with E-state index in [1.54, 1.807) is 6.92 Å². The van der Waals surface area contributed by atoms with Crippen LogP contribution in [0.25, 0.3) is 0 Å². The average Bonchev–Trinajstić information content (AvgIpc) is 2.80. The second-order valence-corrected chi connectivity index (χ2v) is 5.81. The number of nitrogens with two attached hydrogens (primary N) is 1. The fourth-order valence-corrected chi connectivity index (χ4v) is 2.61. The van der Waals surface area contributed by atoms with Gasteiger partial charge in [0.15, 0.2) is 0 Å². The molecule has 0 saturated carbocycles. The van der Waals surface area contributed by atoms with Crippen LogP contribution in [0, 0.1) is 0 Å². The first-order valence-corrected chi connectivity index (χ1v) is 6.80. The molecule has 2 heterocycles. The summed E-state index contributed by atoms with van der Waals surface area (Å²) >= 11 is 0. The van der Waals surface area contributed by atoms with Gasteiger partial charge in [0.1, 0.15) is 5.82 Å². The van der Waals surface area contributed by atoms with E-state index in [2.05, 4.69) is 10.2 Å². The topological polar surface area (TPSA) is 80.2 Å². The first-order valence-electron chi connectivity index (χ1n) is 6.80. The third kappa shape index (κ3) is 3.53. The number of nitrogens with zero attached hydrogens (tertiary/aromatic N) is 4. The Morgan fingerprint density at radius 1 is 1.33 bits per heavy atom. The molecule has 21 heavy (non-hydrogen) atoms. The highest BCUT2D eigenvalue weighted by atomic mass is 19.4. The summed E-state index contributed by atoms with van der Waals surface area (Å²) in [6, 6.07) is -0.0108. The van der Waals surface area contributed by atoms with E-state index in [9.17, 15) is 18.3 Å². The molecular weight excluding hydrogens is 287 g/mol. The summed E-state index contributed by atoms with van der Waals surface area (Å²) in [5.41, 5.74) is 4.51. The van der Waals surface area contributed by atoms with Crippen LogP contribution in [-0.4, -0.2) is 49.5 Å². The van der Waals surface area contributed by atoms with E-state index in [0.717, 1.165) is 4.57 Å². The number of hydrogen-bond acceptors (Lipinski definition) is 5. The average molecular weight is 307 g/mol. The number of halogens is 3. The maximum Gasteiger partial charge on any atom is 0.451 e. The monoisotopic (exact) mass is 307 g/mol. The molecule has 2 rings (SSSR count). The highest BCUT2D eigenvalue weighted by Gasteiger charge is 2.40. The Morgan fingerprint density at radius 2 is 2.00 bits per heavy atom. The van der Waals surface area contributed by atoms with Crippen molar-refractivity contribution in [2.24, 2.45) is 5.73 Å². The Morgan fingerprint density at radius 3 is 2.57 bits per heavy atom. The van der Waals surface area contributed by atoms with Crippen LogP contribution in [0.15, 0.2) is 0 Å². The summed E-state index contributed by atoms with van der Waals surface area (Å²) in [6.07, 6.45) is -4.04. The Hall–Kier alpha value is -1.19. The minimum absolute atomic E-state index is 0.0108. The maximum atomic E-state index is 12.7. The van der Waals surface area contributed by atoms with Gasteiger partial charge in [-0.1, -0.05) is 0 Å². The zero-order valence-electron chi connectivity index (χ0n) is 12.1. The van der Waals surface area contributed by atoms with Gasteiger partial charge in [0.05, 0.1) is 12.1 Å². The van der Waals surface area contributed by atoms with E-state index < -0.39 is 17.6 Å². The van der Waals surface area contributed by atoms with Crippen molar-refractivity contribution in [2.45, 2.75) is 51.2 Å². The van der Waals surface area contributed by atoms with E-state index in [1.165, 1.54) is 0 Å². The molecular formula is C12H20F3N5O. The molecule has 0 saturated heterocycles. The van der Waals surface area contributed by atoms with Gasteiger partial charge in [-0.3, -0.25) is 4.90 Å². The van der Waals surface area contributed by atoms with Crippen molar-refractivity contribution in [1.29, 1.82) is 0 Å². The number of fused-ring (bicyclic) bond motifs is 1. The van der Waals surface area contributed by atoms with Gasteiger partial charge in [0.2, 0.25) is 5.82 Å². The van der Waals surface area contributed by atoms with Crippen LogP contribution in [0.1, 0.15) is 31.9 Å². The Kier molecular flexibility index (Phi) is 4.27. The van der Waals surface area contributed by atoms with Crippen LogP contribution in [0.4, 0.5) is 13.2 Å². The molecule has 3 N–H and O–H groups in total. The number of aromatic nitrogens is 3. The van der Waals surface area contributed by atoms with Crippen LogP contribution in [0.2, 0.25) is 0 Å². The molecule has 0 aliphatic carbocycles. The smallest absolute Gasteiger partial charge is 0.389 e. The zero-order valence-corrected chi connectivity index (χ0v) is 12.1. The molecule has 0 radical (unpaired) electrons. The van der Waals surface area contributed by atoms with Gasteiger partial charge < -0.3 is 15.4 Å². The molecule has 9 heteroatoms. The largest absolute Gasteiger partial charge is 0.451 e. The molecule has 2 unspecified atom stereocenters. The number of rotatable bonds is 4. The summed E-state index contributed by atoms with van der Waals surface area (Å²) < 4.78 is 39.4. The summed E-state index contributed by atoms with van der Waals surface area (Å²) in [7, 11) is 0. The molecule has 0 aromatic carbocycles. The third-order valence-corrected chi connectivity index (χ3v) is 3.83. The summed E-state index contributed by atoms with van der Waals surface area (Å²) in [5.74, 6) is -0.647. The number of hydrogen-bond donors (Lipinski definition) is 2. The van der Waals surface area contributed by atoms with Gasteiger partial charge in [-0.2, -0.15) is 13.2 Å². The highest BCUT2D eigenvalue weighted by Crippen LogP contribution is 2.30. The predicted octanol–water partition coefficient (Wildman–Crippen LogP) is 0.601. The van der Waals surface area contributed by atoms with Crippen molar-refractivity contribution in [1.82, 2.24) is 19.7 Å². The van der Waals surface area contributed by atoms with Crippen molar-refractivity contribution in [3.05, 3.63) is 11.6 Å². The minimum atomic E-state index is -4.48. The minimum Gasteiger partial charge on any atom is -0.389 e. The fourth-order valence-electron chi connectivity index (χ4n) is 2.61. The van der Waals surface area contributed by atoms with E-state index in [0.29, 0.717) is 18.8 Å². The lowest BCUT2D eigenvalue weighted by atomic mass is 9.97. The molecule has 1 aromatic heterocycles. The van der Waals surface area contributed by atoms with Gasteiger partial charge in [-0.05, 0) is 20.3 Å². The van der Waals surface area contributed by atoms with Crippen LogP contribution < -0.4 is 5.73 Å². The van der Waals surface area contributed by atoms with Gasteiger partial charge >= 0.3 is 6.18 Å². The molecule has 0 fully saturated rings. The molecule has 1 aliphatic rings. The van der Waals surface area contributed by atoms with Crippen LogP contribution in [0.3, 0.4) is 0 Å².